The van der Waals surface area contributed by atoms with E-state index in [4.69, 9.17) is 11.6 Å². The van der Waals surface area contributed by atoms with Crippen LogP contribution in [0.4, 0.5) is 10.9 Å². The molecule has 6 heteroatoms. The van der Waals surface area contributed by atoms with E-state index < -0.39 is 0 Å². The van der Waals surface area contributed by atoms with E-state index in [2.05, 4.69) is 20.3 Å². The maximum Gasteiger partial charge on any atom is 0.188 e. The molecule has 0 amide bonds. The van der Waals surface area contributed by atoms with E-state index in [1.54, 1.807) is 13.0 Å². The van der Waals surface area contributed by atoms with Crippen LogP contribution in [0.2, 0.25) is 5.15 Å². The van der Waals surface area contributed by atoms with Crippen molar-refractivity contribution in [2.45, 2.75) is 6.92 Å². The fourth-order valence-electron chi connectivity index (χ4n) is 1.78. The maximum atomic E-state index is 5.91. The highest BCUT2D eigenvalue weighted by Crippen LogP contribution is 2.26. The van der Waals surface area contributed by atoms with Gasteiger partial charge in [-0.25, -0.2) is 15.0 Å². The van der Waals surface area contributed by atoms with Gasteiger partial charge in [0.05, 0.1) is 5.69 Å². The second-order valence-corrected chi connectivity index (χ2v) is 5.40. The topological polar surface area (TPSA) is 50.7 Å². The predicted molar refractivity (Wildman–Crippen MR) is 82.6 cm³/mol. The highest BCUT2D eigenvalue weighted by molar-refractivity contribution is 7.14. The van der Waals surface area contributed by atoms with Crippen LogP contribution in [-0.4, -0.2) is 15.0 Å². The highest BCUT2D eigenvalue weighted by atomic mass is 35.5. The van der Waals surface area contributed by atoms with Gasteiger partial charge < -0.3 is 5.32 Å². The monoisotopic (exact) mass is 302 g/mol. The molecule has 0 unspecified atom stereocenters. The molecule has 20 heavy (non-hydrogen) atoms. The molecule has 3 aromatic rings. The third kappa shape index (κ3) is 2.95. The first-order valence-corrected chi connectivity index (χ1v) is 7.25. The van der Waals surface area contributed by atoms with E-state index in [1.807, 2.05) is 35.7 Å². The van der Waals surface area contributed by atoms with Gasteiger partial charge >= 0.3 is 0 Å². The molecular formula is C14H11ClN4S. The van der Waals surface area contributed by atoms with Crippen LogP contribution in [-0.2, 0) is 0 Å². The van der Waals surface area contributed by atoms with Gasteiger partial charge in [0.25, 0.3) is 0 Å². The Morgan fingerprint density at radius 2 is 1.90 bits per heavy atom. The molecule has 1 N–H and O–H groups in total. The molecule has 0 atom stereocenters. The quantitative estimate of drug-likeness (QED) is 0.733. The van der Waals surface area contributed by atoms with Crippen molar-refractivity contribution in [3.63, 3.8) is 0 Å². The van der Waals surface area contributed by atoms with Crippen molar-refractivity contribution in [1.29, 1.82) is 0 Å². The summed E-state index contributed by atoms with van der Waals surface area (Å²) in [6.07, 6.45) is 0. The Morgan fingerprint density at radius 3 is 2.65 bits per heavy atom. The minimum absolute atomic E-state index is 0.417. The van der Waals surface area contributed by atoms with Crippen molar-refractivity contribution in [2.75, 3.05) is 5.32 Å². The van der Waals surface area contributed by atoms with E-state index in [-0.39, 0.29) is 0 Å². The molecule has 4 nitrogen and oxygen atoms in total. The van der Waals surface area contributed by atoms with Crippen LogP contribution < -0.4 is 5.32 Å². The molecule has 0 saturated carbocycles. The zero-order valence-corrected chi connectivity index (χ0v) is 12.2. The molecule has 100 valence electrons. The zero-order chi connectivity index (χ0) is 13.9. The minimum Gasteiger partial charge on any atom is -0.316 e. The third-order valence-corrected chi connectivity index (χ3v) is 3.57. The second kappa shape index (κ2) is 5.56. The minimum atomic E-state index is 0.417. The number of nitrogens with zero attached hydrogens (tertiary/aromatic N) is 3. The molecule has 0 saturated heterocycles. The number of nitrogens with one attached hydrogen (secondary N) is 1. The number of hydrogen-bond donors (Lipinski definition) is 1. The first-order valence-electron chi connectivity index (χ1n) is 6.00. The summed E-state index contributed by atoms with van der Waals surface area (Å²) >= 11 is 7.43. The smallest absolute Gasteiger partial charge is 0.188 e. The Morgan fingerprint density at radius 1 is 1.10 bits per heavy atom. The van der Waals surface area contributed by atoms with Gasteiger partial charge in [0, 0.05) is 17.0 Å². The van der Waals surface area contributed by atoms with Crippen LogP contribution in [0.3, 0.4) is 0 Å². The first-order chi connectivity index (χ1) is 9.70. The Balaban J connectivity index is 1.84. The Hall–Kier alpha value is -1.98. The lowest BCUT2D eigenvalue weighted by molar-refractivity contribution is 1.06. The number of rotatable bonds is 3. The summed E-state index contributed by atoms with van der Waals surface area (Å²) in [6.45, 7) is 1.80. The normalized spacial score (nSPS) is 10.5. The van der Waals surface area contributed by atoms with Gasteiger partial charge in [-0.2, -0.15) is 0 Å². The van der Waals surface area contributed by atoms with Crippen molar-refractivity contribution in [3.8, 4) is 11.3 Å². The first kappa shape index (κ1) is 13.0. The number of thiazole rings is 1. The van der Waals surface area contributed by atoms with Gasteiger partial charge in [-0.1, -0.05) is 41.9 Å². The van der Waals surface area contributed by atoms with Crippen LogP contribution in [0.5, 0.6) is 0 Å². The molecular weight excluding hydrogens is 292 g/mol. The fourth-order valence-corrected chi connectivity index (χ4v) is 2.73. The van der Waals surface area contributed by atoms with Gasteiger partial charge in [-0.05, 0) is 6.92 Å². The summed E-state index contributed by atoms with van der Waals surface area (Å²) in [7, 11) is 0. The lowest BCUT2D eigenvalue weighted by Crippen LogP contribution is -1.96. The number of halogens is 1. The summed E-state index contributed by atoms with van der Waals surface area (Å²) in [4.78, 5) is 12.8. The number of aromatic nitrogens is 3. The average molecular weight is 303 g/mol. The summed E-state index contributed by atoms with van der Waals surface area (Å²) in [5.41, 5.74) is 2.03. The maximum absolute atomic E-state index is 5.91. The standard InChI is InChI=1S/C14H11ClN4S/c1-9-16-12(15)7-13(17-9)19-14-18-11(8-20-14)10-5-3-2-4-6-10/h2-8H,1H3,(H,16,17,18,19). The van der Waals surface area contributed by atoms with Crippen LogP contribution in [0, 0.1) is 6.92 Å². The van der Waals surface area contributed by atoms with E-state index >= 15 is 0 Å². The van der Waals surface area contributed by atoms with E-state index in [9.17, 15) is 0 Å². The molecule has 0 spiro atoms. The van der Waals surface area contributed by atoms with Crippen LogP contribution in [0.25, 0.3) is 11.3 Å². The molecule has 2 heterocycles. The highest BCUT2D eigenvalue weighted by Gasteiger charge is 2.06. The van der Waals surface area contributed by atoms with E-state index in [0.29, 0.717) is 16.8 Å². The molecule has 0 aliphatic rings. The van der Waals surface area contributed by atoms with Crippen molar-refractivity contribution in [1.82, 2.24) is 15.0 Å². The van der Waals surface area contributed by atoms with Crippen LogP contribution in [0.15, 0.2) is 41.8 Å². The molecule has 2 aromatic heterocycles. The number of anilines is 2. The van der Waals surface area contributed by atoms with Crippen LogP contribution in [0.1, 0.15) is 5.82 Å². The van der Waals surface area contributed by atoms with Gasteiger partial charge in [0.2, 0.25) is 0 Å². The summed E-state index contributed by atoms with van der Waals surface area (Å²) in [5.74, 6) is 1.27. The van der Waals surface area contributed by atoms with Gasteiger partial charge in [0.15, 0.2) is 5.13 Å². The molecule has 1 aromatic carbocycles. The largest absolute Gasteiger partial charge is 0.316 e. The Kier molecular flexibility index (Phi) is 3.62. The number of aryl methyl sites for hydroxylation is 1. The molecule has 0 fully saturated rings. The van der Waals surface area contributed by atoms with Crippen molar-refractivity contribution >= 4 is 33.9 Å². The van der Waals surface area contributed by atoms with Crippen LogP contribution >= 0.6 is 22.9 Å². The average Bonchev–Trinajstić information content (AvgIpc) is 2.87. The van der Waals surface area contributed by atoms with E-state index in [0.717, 1.165) is 16.4 Å². The lowest BCUT2D eigenvalue weighted by atomic mass is 10.2. The second-order valence-electron chi connectivity index (χ2n) is 4.15. The zero-order valence-electron chi connectivity index (χ0n) is 10.7. The molecule has 0 bridgehead atoms. The molecule has 0 aliphatic carbocycles. The van der Waals surface area contributed by atoms with Crippen molar-refractivity contribution < 1.29 is 0 Å². The summed E-state index contributed by atoms with van der Waals surface area (Å²) in [5, 5.41) is 6.35. The van der Waals surface area contributed by atoms with Gasteiger partial charge in [-0.3, -0.25) is 0 Å². The Bertz CT molecular complexity index is 707. The predicted octanol–water partition coefficient (Wildman–Crippen LogP) is 4.31. The summed E-state index contributed by atoms with van der Waals surface area (Å²) in [6, 6.07) is 11.7. The third-order valence-electron chi connectivity index (χ3n) is 2.62. The molecule has 3 rings (SSSR count). The fraction of sp³-hybridized carbons (Fsp3) is 0.0714. The van der Waals surface area contributed by atoms with Gasteiger partial charge in [0.1, 0.15) is 16.8 Å². The number of benzene rings is 1. The summed E-state index contributed by atoms with van der Waals surface area (Å²) < 4.78 is 0. The van der Waals surface area contributed by atoms with E-state index in [1.165, 1.54) is 11.3 Å². The van der Waals surface area contributed by atoms with Gasteiger partial charge in [-0.15, -0.1) is 11.3 Å². The number of hydrogen-bond acceptors (Lipinski definition) is 5. The lowest BCUT2D eigenvalue weighted by Gasteiger charge is -2.02. The molecule has 0 aliphatic heterocycles. The molecule has 0 radical (unpaired) electrons. The van der Waals surface area contributed by atoms with Crippen molar-refractivity contribution in [2.24, 2.45) is 0 Å². The Labute approximate surface area is 125 Å². The SMILES string of the molecule is Cc1nc(Cl)cc(Nc2nc(-c3ccccc3)cs2)n1. The van der Waals surface area contributed by atoms with Crippen molar-refractivity contribution in [3.05, 3.63) is 52.8 Å².